The fourth-order valence-electron chi connectivity index (χ4n) is 3.64. The molecule has 1 aliphatic carbocycles. The van der Waals surface area contributed by atoms with E-state index < -0.39 is 0 Å². The molecule has 0 aliphatic heterocycles. The molecule has 2 nitrogen and oxygen atoms in total. The maximum absolute atomic E-state index is 6.35. The van der Waals surface area contributed by atoms with E-state index in [4.69, 9.17) is 16.3 Å². The third-order valence-corrected chi connectivity index (χ3v) is 5.12. The van der Waals surface area contributed by atoms with Gasteiger partial charge < -0.3 is 10.1 Å². The zero-order valence-corrected chi connectivity index (χ0v) is 14.1. The van der Waals surface area contributed by atoms with Gasteiger partial charge in [0.25, 0.3) is 0 Å². The molecule has 1 aliphatic rings. The first-order chi connectivity index (χ1) is 10.2. The van der Waals surface area contributed by atoms with Gasteiger partial charge in [-0.15, -0.1) is 0 Å². The van der Waals surface area contributed by atoms with Gasteiger partial charge in [0.15, 0.2) is 0 Å². The summed E-state index contributed by atoms with van der Waals surface area (Å²) >= 11 is 6.35. The van der Waals surface area contributed by atoms with Gasteiger partial charge in [-0.05, 0) is 44.9 Å². The van der Waals surface area contributed by atoms with Gasteiger partial charge in [-0.25, -0.2) is 0 Å². The first kappa shape index (κ1) is 16.8. The monoisotopic (exact) mass is 309 g/mol. The summed E-state index contributed by atoms with van der Waals surface area (Å²) in [6.07, 6.45) is 8.42. The third-order valence-electron chi connectivity index (χ3n) is 4.75. The van der Waals surface area contributed by atoms with E-state index in [1.54, 1.807) is 0 Å². The Kier molecular flexibility index (Phi) is 6.53. The molecular formula is C18H28ClNO. The maximum atomic E-state index is 6.35. The minimum atomic E-state index is -0.0425. The summed E-state index contributed by atoms with van der Waals surface area (Å²) in [5, 5.41) is 4.38. The van der Waals surface area contributed by atoms with Crippen LogP contribution in [0.3, 0.4) is 0 Å². The van der Waals surface area contributed by atoms with E-state index in [2.05, 4.69) is 24.4 Å². The highest BCUT2D eigenvalue weighted by Crippen LogP contribution is 2.35. The summed E-state index contributed by atoms with van der Waals surface area (Å²) in [5.74, 6) is 0. The molecule has 21 heavy (non-hydrogen) atoms. The van der Waals surface area contributed by atoms with Crippen LogP contribution < -0.4 is 5.32 Å². The number of ether oxygens (including phenoxy) is 1. The molecule has 0 spiro atoms. The van der Waals surface area contributed by atoms with Crippen molar-refractivity contribution in [1.29, 1.82) is 0 Å². The molecule has 0 bridgehead atoms. The van der Waals surface area contributed by atoms with Crippen LogP contribution in [0.5, 0.6) is 0 Å². The Bertz CT molecular complexity index is 427. The lowest BCUT2D eigenvalue weighted by molar-refractivity contribution is -0.0752. The van der Waals surface area contributed by atoms with E-state index in [-0.39, 0.29) is 5.60 Å². The first-order valence-corrected chi connectivity index (χ1v) is 8.64. The normalized spacial score (nSPS) is 20.0. The summed E-state index contributed by atoms with van der Waals surface area (Å²) in [6.45, 7) is 2.88. The van der Waals surface area contributed by atoms with Gasteiger partial charge >= 0.3 is 0 Å². The van der Waals surface area contributed by atoms with Crippen molar-refractivity contribution in [3.05, 3.63) is 34.9 Å². The first-order valence-electron chi connectivity index (χ1n) is 8.26. The Labute approximate surface area is 134 Å². The molecule has 0 heterocycles. The highest BCUT2D eigenvalue weighted by molar-refractivity contribution is 6.31. The lowest BCUT2D eigenvalue weighted by atomic mass is 9.82. The standard InChI is InChI=1S/C18H28ClNO/c1-3-21-18(12-8-4-5-9-13-18)17(20-2)14-15-10-6-7-11-16(15)19/h6-7,10-11,17,20H,3-5,8-9,12-14H2,1-2H3. The number of rotatable bonds is 6. The van der Waals surface area contributed by atoms with Crippen molar-refractivity contribution >= 4 is 11.6 Å². The van der Waals surface area contributed by atoms with Crippen molar-refractivity contribution in [2.45, 2.75) is 63.5 Å². The molecule has 1 aromatic carbocycles. The zero-order valence-electron chi connectivity index (χ0n) is 13.3. The molecule has 1 unspecified atom stereocenters. The number of hydrogen-bond acceptors (Lipinski definition) is 2. The Hall–Kier alpha value is -0.570. The van der Waals surface area contributed by atoms with Gasteiger partial charge in [-0.1, -0.05) is 55.5 Å². The van der Waals surface area contributed by atoms with Crippen molar-refractivity contribution < 1.29 is 4.74 Å². The molecule has 0 aromatic heterocycles. The SMILES string of the molecule is CCOC1(C(Cc2ccccc2Cl)NC)CCCCCC1. The molecule has 118 valence electrons. The smallest absolute Gasteiger partial charge is 0.0837 e. The summed E-state index contributed by atoms with van der Waals surface area (Å²) in [4.78, 5) is 0. The van der Waals surface area contributed by atoms with Gasteiger partial charge in [0, 0.05) is 17.7 Å². The molecule has 1 saturated carbocycles. The van der Waals surface area contributed by atoms with Gasteiger partial charge in [-0.2, -0.15) is 0 Å². The van der Waals surface area contributed by atoms with Crippen molar-refractivity contribution in [2.24, 2.45) is 0 Å². The number of halogens is 1. The van der Waals surface area contributed by atoms with Crippen LogP contribution in [-0.2, 0) is 11.2 Å². The van der Waals surface area contributed by atoms with Crippen LogP contribution in [0, 0.1) is 0 Å². The molecule has 1 aromatic rings. The molecule has 0 saturated heterocycles. The molecule has 2 rings (SSSR count). The number of nitrogens with one attached hydrogen (secondary N) is 1. The van der Waals surface area contributed by atoms with Crippen molar-refractivity contribution in [1.82, 2.24) is 5.32 Å². The molecule has 3 heteroatoms. The average molecular weight is 310 g/mol. The minimum Gasteiger partial charge on any atom is -0.374 e. The predicted octanol–water partition coefficient (Wildman–Crippen LogP) is 4.60. The van der Waals surface area contributed by atoms with Crippen LogP contribution in [-0.4, -0.2) is 25.3 Å². The third kappa shape index (κ3) is 4.21. The fourth-order valence-corrected chi connectivity index (χ4v) is 3.86. The number of likely N-dealkylation sites (N-methyl/N-ethyl adjacent to an activating group) is 1. The van der Waals surface area contributed by atoms with Gasteiger partial charge in [0.2, 0.25) is 0 Å². The van der Waals surface area contributed by atoms with E-state index in [0.29, 0.717) is 6.04 Å². The van der Waals surface area contributed by atoms with E-state index >= 15 is 0 Å². The largest absolute Gasteiger partial charge is 0.374 e. The van der Waals surface area contributed by atoms with Crippen LogP contribution >= 0.6 is 11.6 Å². The van der Waals surface area contributed by atoms with Crippen LogP contribution in [0.25, 0.3) is 0 Å². The van der Waals surface area contributed by atoms with E-state index in [1.807, 2.05) is 19.2 Å². The van der Waals surface area contributed by atoms with Crippen LogP contribution in [0.2, 0.25) is 5.02 Å². The second-order valence-electron chi connectivity index (χ2n) is 6.05. The van der Waals surface area contributed by atoms with Crippen LogP contribution in [0.4, 0.5) is 0 Å². The summed E-state index contributed by atoms with van der Waals surface area (Å²) < 4.78 is 6.31. The number of hydrogen-bond donors (Lipinski definition) is 1. The van der Waals surface area contributed by atoms with Crippen molar-refractivity contribution in [3.63, 3.8) is 0 Å². The molecule has 1 N–H and O–H groups in total. The Morgan fingerprint density at radius 1 is 1.19 bits per heavy atom. The summed E-state index contributed by atoms with van der Waals surface area (Å²) in [6, 6.07) is 8.47. The van der Waals surface area contributed by atoms with Gasteiger partial charge in [0.05, 0.1) is 5.60 Å². The zero-order chi connectivity index (χ0) is 15.1. The van der Waals surface area contributed by atoms with Crippen LogP contribution in [0.15, 0.2) is 24.3 Å². The summed E-state index contributed by atoms with van der Waals surface area (Å²) in [7, 11) is 2.05. The van der Waals surface area contributed by atoms with Crippen molar-refractivity contribution in [3.8, 4) is 0 Å². The maximum Gasteiger partial charge on any atom is 0.0837 e. The highest BCUT2D eigenvalue weighted by atomic mass is 35.5. The van der Waals surface area contributed by atoms with E-state index in [9.17, 15) is 0 Å². The lowest BCUT2D eigenvalue weighted by Gasteiger charge is -2.40. The Morgan fingerprint density at radius 3 is 2.43 bits per heavy atom. The molecule has 1 fully saturated rings. The second kappa shape index (κ2) is 8.17. The topological polar surface area (TPSA) is 21.3 Å². The Morgan fingerprint density at radius 2 is 1.86 bits per heavy atom. The summed E-state index contributed by atoms with van der Waals surface area (Å²) in [5.41, 5.74) is 1.17. The second-order valence-corrected chi connectivity index (χ2v) is 6.46. The van der Waals surface area contributed by atoms with E-state index in [0.717, 1.165) is 30.9 Å². The lowest BCUT2D eigenvalue weighted by Crippen LogP contribution is -2.52. The predicted molar refractivity (Wildman–Crippen MR) is 90.1 cm³/mol. The number of benzene rings is 1. The van der Waals surface area contributed by atoms with Gasteiger partial charge in [0.1, 0.15) is 0 Å². The molecule has 0 radical (unpaired) electrons. The quantitative estimate of drug-likeness (QED) is 0.775. The van der Waals surface area contributed by atoms with E-state index in [1.165, 1.54) is 31.2 Å². The molecule has 1 atom stereocenters. The minimum absolute atomic E-state index is 0.0425. The Balaban J connectivity index is 2.20. The van der Waals surface area contributed by atoms with Crippen molar-refractivity contribution in [2.75, 3.05) is 13.7 Å². The van der Waals surface area contributed by atoms with Crippen LogP contribution in [0.1, 0.15) is 51.0 Å². The molecular weight excluding hydrogens is 282 g/mol. The van der Waals surface area contributed by atoms with Gasteiger partial charge in [-0.3, -0.25) is 0 Å². The molecule has 0 amide bonds. The highest BCUT2D eigenvalue weighted by Gasteiger charge is 2.39. The fraction of sp³-hybridized carbons (Fsp3) is 0.667. The average Bonchev–Trinajstić information content (AvgIpc) is 2.73.